The first-order valence-electron chi connectivity index (χ1n) is 9.31. The van der Waals surface area contributed by atoms with Crippen molar-refractivity contribution in [1.29, 1.82) is 0 Å². The predicted molar refractivity (Wildman–Crippen MR) is 115 cm³/mol. The molecule has 2 unspecified atom stereocenters. The summed E-state index contributed by atoms with van der Waals surface area (Å²) in [6.07, 6.45) is -2.19. The quantitative estimate of drug-likeness (QED) is 0.234. The lowest BCUT2D eigenvalue weighted by molar-refractivity contribution is -0.119. The first-order valence-corrected chi connectivity index (χ1v) is 11.9. The zero-order valence-electron chi connectivity index (χ0n) is 17.2. The highest BCUT2D eigenvalue weighted by molar-refractivity contribution is 8.13. The Labute approximate surface area is 188 Å². The smallest absolute Gasteiger partial charge is 0.330 e. The molecule has 31 heavy (non-hydrogen) atoms. The van der Waals surface area contributed by atoms with Crippen LogP contribution in [-0.4, -0.2) is 67.5 Å². The second kappa shape index (κ2) is 10.8. The Hall–Kier alpha value is -0.980. The molecule has 0 aliphatic carbocycles. The zero-order valence-corrected chi connectivity index (χ0v) is 19.8. The number of H-pyrrole nitrogens is 1. The Morgan fingerprint density at radius 3 is 2.74 bits per heavy atom. The standard InChI is InChI=1S/C17H26ClN2O9PS/c1-16(2,9-21)14(24)31-7-6-27-30(26)28-8-10-12(23)17(3,18)13(29-10)20-5-4-11(22)19-15(20)25/h4-5,10,12-13,21,23,30H,6-9H2,1-3H3,(H,19,22,25)/t10-,12-,13-,17?/m1/s1. The molecule has 14 heteroatoms. The summed E-state index contributed by atoms with van der Waals surface area (Å²) in [6.45, 7) is 4.06. The molecule has 1 aromatic heterocycles. The fourth-order valence-corrected chi connectivity index (χ4v) is 4.58. The summed E-state index contributed by atoms with van der Waals surface area (Å²) in [6, 6.07) is 1.12. The first kappa shape index (κ1) is 26.3. The number of ether oxygens (including phenoxy) is 1. The van der Waals surface area contributed by atoms with E-state index in [1.54, 1.807) is 13.8 Å². The molecule has 0 radical (unpaired) electrons. The van der Waals surface area contributed by atoms with Gasteiger partial charge in [0.15, 0.2) is 11.3 Å². The maximum Gasteiger partial charge on any atom is 0.330 e. The van der Waals surface area contributed by atoms with Crippen LogP contribution in [0.1, 0.15) is 27.0 Å². The number of carbonyl (C=O) groups is 1. The van der Waals surface area contributed by atoms with Crippen molar-refractivity contribution in [2.75, 3.05) is 25.6 Å². The minimum absolute atomic E-state index is 0.0214. The Bertz CT molecular complexity index is 919. The molecule has 0 spiro atoms. The number of aliphatic hydroxyl groups is 2. The van der Waals surface area contributed by atoms with E-state index in [0.29, 0.717) is 0 Å². The number of carbonyl (C=O) groups excluding carboxylic acids is 1. The van der Waals surface area contributed by atoms with Gasteiger partial charge in [0.25, 0.3) is 5.56 Å². The number of aromatic amines is 1. The number of nitrogens with zero attached hydrogens (tertiary/aromatic N) is 1. The minimum Gasteiger partial charge on any atom is -0.395 e. The lowest BCUT2D eigenvalue weighted by Crippen LogP contribution is -2.42. The van der Waals surface area contributed by atoms with Gasteiger partial charge in [-0.3, -0.25) is 23.7 Å². The third kappa shape index (κ3) is 6.52. The third-order valence-corrected chi connectivity index (χ3v) is 7.11. The van der Waals surface area contributed by atoms with Crippen molar-refractivity contribution in [3.05, 3.63) is 33.1 Å². The molecule has 1 aromatic rings. The molecule has 2 heterocycles. The molecule has 0 bridgehead atoms. The van der Waals surface area contributed by atoms with Crippen molar-refractivity contribution in [2.45, 2.75) is 44.1 Å². The fraction of sp³-hybridized carbons (Fsp3) is 0.706. The second-order valence-corrected chi connectivity index (χ2v) is 10.7. The van der Waals surface area contributed by atoms with Gasteiger partial charge in [-0.1, -0.05) is 11.8 Å². The average Bonchev–Trinajstić information content (AvgIpc) is 2.92. The van der Waals surface area contributed by atoms with Gasteiger partial charge in [0.05, 0.1) is 25.2 Å². The van der Waals surface area contributed by atoms with Crippen LogP contribution >= 0.6 is 31.6 Å². The van der Waals surface area contributed by atoms with Crippen LogP contribution in [0.25, 0.3) is 0 Å². The van der Waals surface area contributed by atoms with E-state index in [0.717, 1.165) is 22.4 Å². The van der Waals surface area contributed by atoms with Crippen molar-refractivity contribution in [3.8, 4) is 0 Å². The van der Waals surface area contributed by atoms with Crippen molar-refractivity contribution in [2.24, 2.45) is 5.41 Å². The van der Waals surface area contributed by atoms with Crippen LogP contribution in [-0.2, 0) is 23.1 Å². The number of alkyl halides is 1. The number of hydrogen-bond acceptors (Lipinski definition) is 10. The molecular formula is C17H26ClN2O9PS. The Balaban J connectivity index is 1.85. The number of halogens is 1. The summed E-state index contributed by atoms with van der Waals surface area (Å²) in [5.74, 6) is 0.224. The number of aliphatic hydroxyl groups excluding tert-OH is 2. The van der Waals surface area contributed by atoms with E-state index in [9.17, 15) is 24.1 Å². The normalized spacial score (nSPS) is 27.4. The molecule has 2 rings (SSSR count). The zero-order chi connectivity index (χ0) is 23.4. The van der Waals surface area contributed by atoms with Gasteiger partial charge in [0, 0.05) is 18.0 Å². The van der Waals surface area contributed by atoms with E-state index in [1.807, 2.05) is 0 Å². The molecule has 0 saturated carbocycles. The molecule has 1 saturated heterocycles. The maximum atomic E-state index is 12.0. The highest BCUT2D eigenvalue weighted by Crippen LogP contribution is 2.43. The molecule has 3 N–H and O–H groups in total. The van der Waals surface area contributed by atoms with Crippen LogP contribution in [0, 0.1) is 5.41 Å². The average molecular weight is 501 g/mol. The van der Waals surface area contributed by atoms with Gasteiger partial charge in [-0.15, -0.1) is 11.6 Å². The van der Waals surface area contributed by atoms with Crippen molar-refractivity contribution in [3.63, 3.8) is 0 Å². The first-order chi connectivity index (χ1) is 14.4. The van der Waals surface area contributed by atoms with Crippen LogP contribution < -0.4 is 11.2 Å². The van der Waals surface area contributed by atoms with Gasteiger partial charge in [-0.25, -0.2) is 4.79 Å². The molecule has 1 fully saturated rings. The summed E-state index contributed by atoms with van der Waals surface area (Å²) < 4.78 is 28.8. The summed E-state index contributed by atoms with van der Waals surface area (Å²) in [7, 11) is -2.94. The Morgan fingerprint density at radius 1 is 1.45 bits per heavy atom. The van der Waals surface area contributed by atoms with Gasteiger partial charge in [0.2, 0.25) is 0 Å². The lowest BCUT2D eigenvalue weighted by atomic mass is 9.97. The molecular weight excluding hydrogens is 475 g/mol. The minimum atomic E-state index is -2.94. The number of hydrogen-bond donors (Lipinski definition) is 3. The molecule has 0 amide bonds. The lowest BCUT2D eigenvalue weighted by Gasteiger charge is -2.26. The fourth-order valence-electron chi connectivity index (χ4n) is 2.67. The van der Waals surface area contributed by atoms with E-state index in [-0.39, 0.29) is 30.7 Å². The topological polar surface area (TPSA) is 157 Å². The summed E-state index contributed by atoms with van der Waals surface area (Å²) >= 11 is 7.34. The van der Waals surface area contributed by atoms with E-state index in [4.69, 9.17) is 30.5 Å². The third-order valence-electron chi connectivity index (χ3n) is 4.67. The highest BCUT2D eigenvalue weighted by Gasteiger charge is 2.53. The van der Waals surface area contributed by atoms with E-state index < -0.39 is 48.2 Å². The van der Waals surface area contributed by atoms with E-state index in [2.05, 4.69) is 4.98 Å². The Morgan fingerprint density at radius 2 is 2.13 bits per heavy atom. The van der Waals surface area contributed by atoms with Crippen molar-refractivity contribution >= 4 is 36.7 Å². The monoisotopic (exact) mass is 500 g/mol. The maximum absolute atomic E-state index is 12.0. The van der Waals surface area contributed by atoms with Crippen LogP contribution in [0.5, 0.6) is 0 Å². The number of rotatable bonds is 10. The summed E-state index contributed by atoms with van der Waals surface area (Å²) in [5.41, 5.74) is -2.22. The van der Waals surface area contributed by atoms with Crippen molar-refractivity contribution in [1.82, 2.24) is 9.55 Å². The molecule has 1 aliphatic heterocycles. The predicted octanol–water partition coefficient (Wildman–Crippen LogP) is 0.494. The van der Waals surface area contributed by atoms with Crippen LogP contribution in [0.3, 0.4) is 0 Å². The molecule has 0 aromatic carbocycles. The SMILES string of the molecule is CC(C)(CO)C(=O)SCCO[PH](=O)OC[C@H]1O[C@@H](n2ccc(=O)[nH]c2=O)C(C)(Cl)[C@@H]1O. The summed E-state index contributed by atoms with van der Waals surface area (Å²) in [4.78, 5) is 35.8. The van der Waals surface area contributed by atoms with Crippen LogP contribution in [0.15, 0.2) is 21.9 Å². The number of thioether (sulfide) groups is 1. The number of nitrogens with one attached hydrogen (secondary N) is 1. The van der Waals surface area contributed by atoms with Crippen molar-refractivity contribution < 1.29 is 33.4 Å². The molecule has 1 aliphatic rings. The van der Waals surface area contributed by atoms with E-state index >= 15 is 0 Å². The van der Waals surface area contributed by atoms with Gasteiger partial charge in [-0.2, -0.15) is 0 Å². The van der Waals surface area contributed by atoms with Gasteiger partial charge < -0.3 is 24.0 Å². The second-order valence-electron chi connectivity index (χ2n) is 7.73. The van der Waals surface area contributed by atoms with Gasteiger partial charge in [0.1, 0.15) is 17.1 Å². The van der Waals surface area contributed by atoms with Gasteiger partial charge in [-0.05, 0) is 20.8 Å². The highest BCUT2D eigenvalue weighted by atomic mass is 35.5. The summed E-state index contributed by atoms with van der Waals surface area (Å²) in [5, 5.41) is 19.4. The molecule has 176 valence electrons. The van der Waals surface area contributed by atoms with Crippen LogP contribution in [0.4, 0.5) is 0 Å². The Kier molecular flexibility index (Phi) is 9.12. The van der Waals surface area contributed by atoms with Gasteiger partial charge >= 0.3 is 13.9 Å². The van der Waals surface area contributed by atoms with E-state index in [1.165, 1.54) is 13.1 Å². The van der Waals surface area contributed by atoms with Crippen LogP contribution in [0.2, 0.25) is 0 Å². The molecule has 5 atom stereocenters. The largest absolute Gasteiger partial charge is 0.395 e. The molecule has 11 nitrogen and oxygen atoms in total. The number of aromatic nitrogens is 2.